The summed E-state index contributed by atoms with van der Waals surface area (Å²) < 4.78 is 7.63. The number of nitrogens with zero attached hydrogens (tertiary/aromatic N) is 4. The van der Waals surface area contributed by atoms with Crippen LogP contribution in [0, 0.1) is 6.92 Å². The van der Waals surface area contributed by atoms with Crippen LogP contribution in [-0.4, -0.2) is 30.7 Å². The smallest absolute Gasteiger partial charge is 0.258 e. The summed E-state index contributed by atoms with van der Waals surface area (Å²) >= 11 is 0. The third kappa shape index (κ3) is 1.95. The summed E-state index contributed by atoms with van der Waals surface area (Å²) in [6, 6.07) is 0. The minimum Gasteiger partial charge on any atom is -0.472 e. The van der Waals surface area contributed by atoms with Gasteiger partial charge in [0.15, 0.2) is 0 Å². The average molecular weight is 257 g/mol. The molecule has 98 valence electrons. The van der Waals surface area contributed by atoms with E-state index in [1.165, 1.54) is 0 Å². The Balaban J connectivity index is 2.17. The van der Waals surface area contributed by atoms with Crippen LogP contribution in [0.4, 0.5) is 0 Å². The molecule has 0 amide bonds. The van der Waals surface area contributed by atoms with Crippen LogP contribution < -0.4 is 4.74 Å². The van der Waals surface area contributed by atoms with Gasteiger partial charge >= 0.3 is 0 Å². The van der Waals surface area contributed by atoms with Crippen LogP contribution >= 0.6 is 0 Å². The lowest BCUT2D eigenvalue weighted by Crippen LogP contribution is -2.08. The standard InChI is InChI=1S/C13H15N5O/c1-8(2)19-13-12-15-7-11(18(12)5-4-14-13)10-6-16-17-9(10)3/h4-8H,1-3H3,(H,16,17). The average Bonchev–Trinajstić information content (AvgIpc) is 2.95. The molecule has 6 heteroatoms. The molecule has 0 saturated heterocycles. The van der Waals surface area contributed by atoms with Crippen molar-refractivity contribution in [1.29, 1.82) is 0 Å². The van der Waals surface area contributed by atoms with Gasteiger partial charge in [0.2, 0.25) is 5.65 Å². The molecule has 3 aromatic heterocycles. The van der Waals surface area contributed by atoms with Crippen molar-refractivity contribution in [3.05, 3.63) is 30.5 Å². The first-order valence-electron chi connectivity index (χ1n) is 6.16. The molecule has 0 spiro atoms. The van der Waals surface area contributed by atoms with Crippen molar-refractivity contribution in [2.75, 3.05) is 0 Å². The Morgan fingerprint density at radius 1 is 1.26 bits per heavy atom. The maximum atomic E-state index is 5.67. The van der Waals surface area contributed by atoms with Crippen LogP contribution in [0.5, 0.6) is 5.88 Å². The van der Waals surface area contributed by atoms with Gasteiger partial charge < -0.3 is 4.74 Å². The molecule has 0 radical (unpaired) electrons. The molecule has 0 aliphatic rings. The minimum absolute atomic E-state index is 0.0644. The first-order valence-corrected chi connectivity index (χ1v) is 6.16. The zero-order valence-electron chi connectivity index (χ0n) is 11.1. The van der Waals surface area contributed by atoms with Crippen molar-refractivity contribution in [1.82, 2.24) is 24.6 Å². The highest BCUT2D eigenvalue weighted by Crippen LogP contribution is 2.25. The second kappa shape index (κ2) is 4.38. The third-order valence-electron chi connectivity index (χ3n) is 2.85. The summed E-state index contributed by atoms with van der Waals surface area (Å²) in [5.41, 5.74) is 3.71. The van der Waals surface area contributed by atoms with E-state index >= 15 is 0 Å². The van der Waals surface area contributed by atoms with Gasteiger partial charge in [-0.2, -0.15) is 5.10 Å². The Bertz CT molecular complexity index is 713. The second-order valence-electron chi connectivity index (χ2n) is 4.64. The van der Waals surface area contributed by atoms with Crippen LogP contribution in [0.3, 0.4) is 0 Å². The monoisotopic (exact) mass is 257 g/mol. The molecule has 0 bridgehead atoms. The molecular formula is C13H15N5O. The van der Waals surface area contributed by atoms with Gasteiger partial charge in [-0.15, -0.1) is 0 Å². The van der Waals surface area contributed by atoms with E-state index < -0.39 is 0 Å². The van der Waals surface area contributed by atoms with E-state index in [1.807, 2.05) is 37.6 Å². The second-order valence-corrected chi connectivity index (χ2v) is 4.64. The van der Waals surface area contributed by atoms with E-state index in [9.17, 15) is 0 Å². The zero-order valence-corrected chi connectivity index (χ0v) is 11.1. The molecule has 3 heterocycles. The van der Waals surface area contributed by atoms with Gasteiger partial charge in [-0.1, -0.05) is 0 Å². The Kier molecular flexibility index (Phi) is 2.70. The number of H-pyrrole nitrogens is 1. The van der Waals surface area contributed by atoms with Crippen molar-refractivity contribution in [3.63, 3.8) is 0 Å². The quantitative estimate of drug-likeness (QED) is 0.781. The van der Waals surface area contributed by atoms with Crippen LogP contribution in [0.2, 0.25) is 0 Å². The van der Waals surface area contributed by atoms with Gasteiger partial charge in [-0.3, -0.25) is 9.50 Å². The van der Waals surface area contributed by atoms with Gasteiger partial charge in [0.1, 0.15) is 0 Å². The van der Waals surface area contributed by atoms with Crippen molar-refractivity contribution >= 4 is 5.65 Å². The topological polar surface area (TPSA) is 68.1 Å². The van der Waals surface area contributed by atoms with E-state index in [0.29, 0.717) is 11.5 Å². The van der Waals surface area contributed by atoms with Crippen LogP contribution in [-0.2, 0) is 0 Å². The zero-order chi connectivity index (χ0) is 13.4. The van der Waals surface area contributed by atoms with E-state index in [0.717, 1.165) is 17.0 Å². The van der Waals surface area contributed by atoms with Crippen molar-refractivity contribution in [2.45, 2.75) is 26.9 Å². The van der Waals surface area contributed by atoms with Crippen molar-refractivity contribution in [3.8, 4) is 17.1 Å². The molecule has 1 N–H and O–H groups in total. The summed E-state index contributed by atoms with van der Waals surface area (Å²) in [5.74, 6) is 0.546. The molecule has 0 fully saturated rings. The summed E-state index contributed by atoms with van der Waals surface area (Å²) in [6.45, 7) is 5.92. The summed E-state index contributed by atoms with van der Waals surface area (Å²) in [4.78, 5) is 8.64. The fourth-order valence-electron chi connectivity index (χ4n) is 2.01. The maximum absolute atomic E-state index is 5.67. The molecule has 6 nitrogen and oxygen atoms in total. The number of rotatable bonds is 3. The number of hydrogen-bond donors (Lipinski definition) is 1. The molecule has 0 atom stereocenters. The predicted octanol–water partition coefficient (Wildman–Crippen LogP) is 2.22. The molecule has 0 aromatic carbocycles. The van der Waals surface area contributed by atoms with Crippen LogP contribution in [0.15, 0.2) is 24.8 Å². The van der Waals surface area contributed by atoms with Crippen LogP contribution in [0.1, 0.15) is 19.5 Å². The highest BCUT2D eigenvalue weighted by Gasteiger charge is 2.14. The Morgan fingerprint density at radius 2 is 2.11 bits per heavy atom. The number of fused-ring (bicyclic) bond motifs is 1. The Labute approximate surface area is 110 Å². The molecular weight excluding hydrogens is 242 g/mol. The predicted molar refractivity (Wildman–Crippen MR) is 71.1 cm³/mol. The summed E-state index contributed by atoms with van der Waals surface area (Å²) in [5, 5.41) is 6.97. The van der Waals surface area contributed by atoms with Gasteiger partial charge in [-0.25, -0.2) is 9.97 Å². The molecule has 0 unspecified atom stereocenters. The molecule has 3 aromatic rings. The highest BCUT2D eigenvalue weighted by molar-refractivity contribution is 5.66. The third-order valence-corrected chi connectivity index (χ3v) is 2.85. The largest absolute Gasteiger partial charge is 0.472 e. The van der Waals surface area contributed by atoms with Gasteiger partial charge in [0.05, 0.1) is 24.2 Å². The minimum atomic E-state index is 0.0644. The number of aromatic amines is 1. The Morgan fingerprint density at radius 3 is 2.79 bits per heavy atom. The maximum Gasteiger partial charge on any atom is 0.258 e. The molecule has 0 saturated carbocycles. The first kappa shape index (κ1) is 11.7. The number of imidazole rings is 1. The fourth-order valence-corrected chi connectivity index (χ4v) is 2.01. The summed E-state index contributed by atoms with van der Waals surface area (Å²) in [6.07, 6.45) is 7.25. The molecule has 0 aliphatic heterocycles. The number of aromatic nitrogens is 5. The summed E-state index contributed by atoms with van der Waals surface area (Å²) in [7, 11) is 0. The lowest BCUT2D eigenvalue weighted by atomic mass is 10.2. The van der Waals surface area contributed by atoms with Crippen molar-refractivity contribution < 1.29 is 4.74 Å². The normalized spacial score (nSPS) is 11.4. The van der Waals surface area contributed by atoms with Gasteiger partial charge in [-0.05, 0) is 20.8 Å². The van der Waals surface area contributed by atoms with Gasteiger partial charge in [0.25, 0.3) is 5.88 Å². The Hall–Kier alpha value is -2.37. The number of aryl methyl sites for hydroxylation is 1. The van der Waals surface area contributed by atoms with E-state index in [-0.39, 0.29) is 6.10 Å². The lowest BCUT2D eigenvalue weighted by molar-refractivity contribution is 0.234. The lowest BCUT2D eigenvalue weighted by Gasteiger charge is -2.09. The molecule has 3 rings (SSSR count). The van der Waals surface area contributed by atoms with Crippen molar-refractivity contribution in [2.24, 2.45) is 0 Å². The number of hydrogen-bond acceptors (Lipinski definition) is 4. The van der Waals surface area contributed by atoms with Gasteiger partial charge in [0, 0.05) is 23.7 Å². The van der Waals surface area contributed by atoms with E-state index in [4.69, 9.17) is 4.74 Å². The highest BCUT2D eigenvalue weighted by atomic mass is 16.5. The first-order chi connectivity index (χ1) is 9.16. The number of ether oxygens (including phenoxy) is 1. The van der Waals surface area contributed by atoms with Crippen LogP contribution in [0.25, 0.3) is 16.9 Å². The molecule has 19 heavy (non-hydrogen) atoms. The van der Waals surface area contributed by atoms with E-state index in [1.54, 1.807) is 12.4 Å². The SMILES string of the molecule is Cc1[nH]ncc1-c1cnc2c(OC(C)C)nccn12. The number of nitrogens with one attached hydrogen (secondary N) is 1. The van der Waals surface area contributed by atoms with E-state index in [2.05, 4.69) is 20.2 Å². The molecule has 0 aliphatic carbocycles. The fraction of sp³-hybridized carbons (Fsp3) is 0.308.